The van der Waals surface area contributed by atoms with Crippen LogP contribution in [0.2, 0.25) is 0 Å². The van der Waals surface area contributed by atoms with Gasteiger partial charge in [-0.1, -0.05) is 20.8 Å². The predicted molar refractivity (Wildman–Crippen MR) is 73.5 cm³/mol. The molecule has 0 fully saturated rings. The van der Waals surface area contributed by atoms with Gasteiger partial charge in [0.2, 0.25) is 0 Å². The number of rotatable bonds is 0. The normalized spacial score (nSPS) is 12.1. The molecule has 0 radical (unpaired) electrons. The summed E-state index contributed by atoms with van der Waals surface area (Å²) in [6.45, 7) is 7.66. The summed E-state index contributed by atoms with van der Waals surface area (Å²) in [7, 11) is 3.12. The lowest BCUT2D eigenvalue weighted by Crippen LogP contribution is -2.38. The van der Waals surface area contributed by atoms with Crippen LogP contribution in [-0.2, 0) is 19.5 Å². The predicted octanol–water partition coefficient (Wildman–Crippen LogP) is 0.633. The number of nitrogens with zero attached hydrogens (tertiary/aromatic N) is 4. The summed E-state index contributed by atoms with van der Waals surface area (Å²) in [5.41, 5.74) is 0.773. The van der Waals surface area contributed by atoms with Crippen molar-refractivity contribution >= 4 is 10.9 Å². The molecule has 0 aliphatic rings. The Balaban J connectivity index is 3.21. The van der Waals surface area contributed by atoms with Crippen LogP contribution in [-0.4, -0.2) is 19.3 Å². The molecule has 19 heavy (non-hydrogen) atoms. The third-order valence-corrected chi connectivity index (χ3v) is 3.25. The summed E-state index contributed by atoms with van der Waals surface area (Å²) in [6, 6.07) is 0. The molecule has 0 unspecified atom stereocenters. The van der Waals surface area contributed by atoms with Crippen molar-refractivity contribution in [3.8, 4) is 0 Å². The van der Waals surface area contributed by atoms with Gasteiger partial charge in [0.05, 0.1) is 22.3 Å². The van der Waals surface area contributed by atoms with Crippen molar-refractivity contribution in [3.63, 3.8) is 0 Å². The van der Waals surface area contributed by atoms with E-state index in [1.807, 2.05) is 20.8 Å². The molecule has 0 aliphatic heterocycles. The van der Waals surface area contributed by atoms with Crippen LogP contribution in [0.3, 0.4) is 0 Å². The molecule has 0 bridgehead atoms. The molecule has 2 aromatic rings. The van der Waals surface area contributed by atoms with E-state index in [0.717, 1.165) is 4.57 Å². The largest absolute Gasteiger partial charge is 0.331 e. The van der Waals surface area contributed by atoms with E-state index >= 15 is 0 Å². The molecule has 0 saturated heterocycles. The van der Waals surface area contributed by atoms with Gasteiger partial charge >= 0.3 is 5.69 Å². The first-order chi connectivity index (χ1) is 8.66. The zero-order valence-corrected chi connectivity index (χ0v) is 12.1. The second-order valence-electron chi connectivity index (χ2n) is 5.81. The van der Waals surface area contributed by atoms with Crippen LogP contribution in [0.15, 0.2) is 9.59 Å². The molecule has 0 aromatic carbocycles. The molecule has 2 aromatic heterocycles. The minimum absolute atomic E-state index is 0.317. The Bertz CT molecular complexity index is 778. The Hall–Kier alpha value is -1.98. The minimum Gasteiger partial charge on any atom is -0.294 e. The van der Waals surface area contributed by atoms with Gasteiger partial charge in [0.1, 0.15) is 0 Å². The number of hydrogen-bond acceptors (Lipinski definition) is 4. The minimum atomic E-state index is -0.353. The number of aromatic nitrogens is 4. The quantitative estimate of drug-likeness (QED) is 0.698. The summed E-state index contributed by atoms with van der Waals surface area (Å²) in [4.78, 5) is 24.4. The van der Waals surface area contributed by atoms with E-state index in [9.17, 15) is 9.59 Å². The van der Waals surface area contributed by atoms with E-state index in [0.29, 0.717) is 22.3 Å². The zero-order valence-electron chi connectivity index (χ0n) is 12.1. The zero-order chi connectivity index (χ0) is 14.5. The van der Waals surface area contributed by atoms with Gasteiger partial charge in [-0.05, 0) is 6.92 Å². The van der Waals surface area contributed by atoms with Crippen molar-refractivity contribution in [2.75, 3.05) is 0 Å². The monoisotopic (exact) mass is 262 g/mol. The number of hydrogen-bond donors (Lipinski definition) is 0. The highest BCUT2D eigenvalue weighted by atomic mass is 16.2. The molecule has 6 nitrogen and oxygen atoms in total. The first kappa shape index (κ1) is 13.5. The van der Waals surface area contributed by atoms with Crippen LogP contribution in [0.4, 0.5) is 0 Å². The standard InChI is InChI=1S/C13H18N4O2/c1-7-9-8(10(15-14-7)13(2,3)4)11(18)17(6)12(19)16(9)5/h1-6H3. The van der Waals surface area contributed by atoms with E-state index in [2.05, 4.69) is 10.2 Å². The molecule has 0 N–H and O–H groups in total. The molecule has 2 rings (SSSR count). The van der Waals surface area contributed by atoms with Gasteiger partial charge in [0.25, 0.3) is 5.56 Å². The van der Waals surface area contributed by atoms with Crippen LogP contribution in [0, 0.1) is 6.92 Å². The summed E-state index contributed by atoms with van der Waals surface area (Å²) in [5.74, 6) is 0. The van der Waals surface area contributed by atoms with Crippen LogP contribution in [0.1, 0.15) is 32.2 Å². The fourth-order valence-electron chi connectivity index (χ4n) is 2.23. The molecule has 0 saturated carbocycles. The molecule has 0 amide bonds. The Morgan fingerprint density at radius 2 is 1.58 bits per heavy atom. The first-order valence-corrected chi connectivity index (χ1v) is 6.09. The number of fused-ring (bicyclic) bond motifs is 1. The Morgan fingerprint density at radius 1 is 1.00 bits per heavy atom. The fraction of sp³-hybridized carbons (Fsp3) is 0.538. The van der Waals surface area contributed by atoms with Gasteiger partial charge in [-0.25, -0.2) is 4.79 Å². The van der Waals surface area contributed by atoms with Crippen LogP contribution in [0.25, 0.3) is 10.9 Å². The Morgan fingerprint density at radius 3 is 2.11 bits per heavy atom. The molecule has 0 aliphatic carbocycles. The summed E-state index contributed by atoms with van der Waals surface area (Å²) in [5, 5.41) is 8.74. The Labute approximate surface area is 110 Å². The van der Waals surface area contributed by atoms with Crippen molar-refractivity contribution in [1.82, 2.24) is 19.3 Å². The third kappa shape index (κ3) is 1.87. The average molecular weight is 262 g/mol. The fourth-order valence-corrected chi connectivity index (χ4v) is 2.23. The van der Waals surface area contributed by atoms with Crippen LogP contribution >= 0.6 is 0 Å². The van der Waals surface area contributed by atoms with Crippen molar-refractivity contribution < 1.29 is 0 Å². The molecule has 6 heteroatoms. The molecule has 0 spiro atoms. The highest BCUT2D eigenvalue weighted by molar-refractivity contribution is 5.82. The van der Waals surface area contributed by atoms with Crippen molar-refractivity contribution in [3.05, 3.63) is 32.2 Å². The van der Waals surface area contributed by atoms with Gasteiger partial charge in [-0.3, -0.25) is 13.9 Å². The average Bonchev–Trinajstić information content (AvgIpc) is 2.31. The van der Waals surface area contributed by atoms with E-state index in [1.165, 1.54) is 11.6 Å². The molecular weight excluding hydrogens is 244 g/mol. The van der Waals surface area contributed by atoms with Gasteiger partial charge in [-0.15, -0.1) is 0 Å². The summed E-state index contributed by atoms with van der Waals surface area (Å²) < 4.78 is 2.56. The van der Waals surface area contributed by atoms with Crippen molar-refractivity contribution in [1.29, 1.82) is 0 Å². The van der Waals surface area contributed by atoms with E-state index < -0.39 is 0 Å². The number of aryl methyl sites for hydroxylation is 2. The Kier molecular flexibility index (Phi) is 2.84. The van der Waals surface area contributed by atoms with Crippen LogP contribution < -0.4 is 11.2 Å². The topological polar surface area (TPSA) is 69.8 Å². The van der Waals surface area contributed by atoms with Gasteiger partial charge in [0, 0.05) is 19.5 Å². The first-order valence-electron chi connectivity index (χ1n) is 6.09. The maximum absolute atomic E-state index is 12.4. The lowest BCUT2D eigenvalue weighted by molar-refractivity contribution is 0.561. The highest BCUT2D eigenvalue weighted by Crippen LogP contribution is 2.25. The molecule has 2 heterocycles. The van der Waals surface area contributed by atoms with E-state index in [1.54, 1.807) is 14.0 Å². The lowest BCUT2D eigenvalue weighted by atomic mass is 9.89. The van der Waals surface area contributed by atoms with Gasteiger partial charge in [0.15, 0.2) is 0 Å². The third-order valence-electron chi connectivity index (χ3n) is 3.25. The molecule has 102 valence electrons. The molecular formula is C13H18N4O2. The van der Waals surface area contributed by atoms with E-state index in [-0.39, 0.29) is 16.7 Å². The summed E-state index contributed by atoms with van der Waals surface area (Å²) in [6.07, 6.45) is 0. The SMILES string of the molecule is Cc1nnc(C(C)(C)C)c2c(=O)n(C)c(=O)n(C)c12. The van der Waals surface area contributed by atoms with Crippen molar-refractivity contribution in [2.24, 2.45) is 14.1 Å². The maximum Gasteiger partial charge on any atom is 0.331 e. The maximum atomic E-state index is 12.4. The van der Waals surface area contributed by atoms with Crippen molar-refractivity contribution in [2.45, 2.75) is 33.1 Å². The second-order valence-corrected chi connectivity index (χ2v) is 5.81. The van der Waals surface area contributed by atoms with Gasteiger partial charge < -0.3 is 0 Å². The van der Waals surface area contributed by atoms with Gasteiger partial charge in [-0.2, -0.15) is 10.2 Å². The highest BCUT2D eigenvalue weighted by Gasteiger charge is 2.24. The lowest BCUT2D eigenvalue weighted by Gasteiger charge is -2.20. The second kappa shape index (κ2) is 4.01. The molecule has 0 atom stereocenters. The van der Waals surface area contributed by atoms with E-state index in [4.69, 9.17) is 0 Å². The smallest absolute Gasteiger partial charge is 0.294 e. The summed E-state index contributed by atoms with van der Waals surface area (Å²) >= 11 is 0. The van der Waals surface area contributed by atoms with Crippen LogP contribution in [0.5, 0.6) is 0 Å².